The molecule has 2 N–H and O–H groups in total. The summed E-state index contributed by atoms with van der Waals surface area (Å²) in [5, 5.41) is 0. The van der Waals surface area contributed by atoms with Crippen LogP contribution in [0.4, 0.5) is 11.5 Å². The number of amides is 1. The molecule has 0 saturated heterocycles. The fraction of sp³-hybridized carbons (Fsp3) is 0.200. The molecule has 19 heavy (non-hydrogen) atoms. The SMILES string of the molecule is Cc1ccccc1CC(=O)N(C)c1ncccc1N. The lowest BCUT2D eigenvalue weighted by atomic mass is 10.1. The number of benzene rings is 1. The fourth-order valence-electron chi connectivity index (χ4n) is 1.90. The van der Waals surface area contributed by atoms with Crippen molar-refractivity contribution in [2.45, 2.75) is 13.3 Å². The molecule has 4 nitrogen and oxygen atoms in total. The summed E-state index contributed by atoms with van der Waals surface area (Å²) in [5.74, 6) is 0.473. The van der Waals surface area contributed by atoms with Crippen molar-refractivity contribution in [2.75, 3.05) is 17.7 Å². The van der Waals surface area contributed by atoms with E-state index in [4.69, 9.17) is 5.73 Å². The van der Waals surface area contributed by atoms with Crippen LogP contribution in [-0.2, 0) is 11.2 Å². The van der Waals surface area contributed by atoms with E-state index >= 15 is 0 Å². The van der Waals surface area contributed by atoms with Crippen LogP contribution in [-0.4, -0.2) is 17.9 Å². The topological polar surface area (TPSA) is 59.2 Å². The molecule has 0 atom stereocenters. The number of rotatable bonds is 3. The van der Waals surface area contributed by atoms with Crippen LogP contribution < -0.4 is 10.6 Å². The molecule has 1 aromatic carbocycles. The van der Waals surface area contributed by atoms with E-state index in [9.17, 15) is 4.79 Å². The molecule has 0 aliphatic heterocycles. The molecule has 0 unspecified atom stereocenters. The van der Waals surface area contributed by atoms with Gasteiger partial charge in [0.25, 0.3) is 0 Å². The normalized spacial score (nSPS) is 10.2. The lowest BCUT2D eigenvalue weighted by molar-refractivity contribution is -0.117. The number of anilines is 2. The molecule has 1 aromatic heterocycles. The minimum atomic E-state index is -0.0281. The van der Waals surface area contributed by atoms with Crippen LogP contribution in [0.2, 0.25) is 0 Å². The zero-order valence-electron chi connectivity index (χ0n) is 11.1. The Morgan fingerprint density at radius 3 is 2.68 bits per heavy atom. The number of aryl methyl sites for hydroxylation is 1. The van der Waals surface area contributed by atoms with E-state index in [1.807, 2.05) is 31.2 Å². The van der Waals surface area contributed by atoms with Crippen LogP contribution in [0.3, 0.4) is 0 Å². The van der Waals surface area contributed by atoms with Gasteiger partial charge >= 0.3 is 0 Å². The lowest BCUT2D eigenvalue weighted by Crippen LogP contribution is -2.29. The standard InChI is InChI=1S/C15H17N3O/c1-11-6-3-4-7-12(11)10-14(19)18(2)15-13(16)8-5-9-17-15/h3-9H,10,16H2,1-2H3. The Kier molecular flexibility index (Phi) is 3.80. The minimum absolute atomic E-state index is 0.0281. The van der Waals surface area contributed by atoms with Crippen LogP contribution in [0, 0.1) is 6.92 Å². The largest absolute Gasteiger partial charge is 0.396 e. The first-order valence-corrected chi connectivity index (χ1v) is 6.11. The summed E-state index contributed by atoms with van der Waals surface area (Å²) in [4.78, 5) is 17.9. The monoisotopic (exact) mass is 255 g/mol. The summed E-state index contributed by atoms with van der Waals surface area (Å²) in [6.45, 7) is 2.00. The second kappa shape index (κ2) is 5.52. The Labute approximate surface area is 112 Å². The first-order chi connectivity index (χ1) is 9.09. The van der Waals surface area contributed by atoms with Crippen molar-refractivity contribution >= 4 is 17.4 Å². The second-order valence-corrected chi connectivity index (χ2v) is 4.47. The smallest absolute Gasteiger partial charge is 0.232 e. The van der Waals surface area contributed by atoms with Crippen LogP contribution in [0.1, 0.15) is 11.1 Å². The molecule has 4 heteroatoms. The highest BCUT2D eigenvalue weighted by atomic mass is 16.2. The number of hydrogen-bond acceptors (Lipinski definition) is 3. The summed E-state index contributed by atoms with van der Waals surface area (Å²) in [7, 11) is 1.69. The Morgan fingerprint density at radius 1 is 1.26 bits per heavy atom. The van der Waals surface area contributed by atoms with Crippen molar-refractivity contribution in [1.29, 1.82) is 0 Å². The number of nitrogen functional groups attached to an aromatic ring is 1. The Balaban J connectivity index is 2.17. The summed E-state index contributed by atoms with van der Waals surface area (Å²) >= 11 is 0. The van der Waals surface area contributed by atoms with Gasteiger partial charge < -0.3 is 5.73 Å². The van der Waals surface area contributed by atoms with Crippen LogP contribution in [0.25, 0.3) is 0 Å². The maximum absolute atomic E-state index is 12.2. The van der Waals surface area contributed by atoms with Crippen LogP contribution in [0.15, 0.2) is 42.6 Å². The molecule has 0 aliphatic rings. The number of likely N-dealkylation sites (N-methyl/N-ethyl adjacent to an activating group) is 1. The number of aromatic nitrogens is 1. The molecule has 98 valence electrons. The van der Waals surface area contributed by atoms with Crippen molar-refractivity contribution in [2.24, 2.45) is 0 Å². The molecule has 0 radical (unpaired) electrons. The molecular weight excluding hydrogens is 238 g/mol. The first-order valence-electron chi connectivity index (χ1n) is 6.11. The van der Waals surface area contributed by atoms with E-state index in [-0.39, 0.29) is 5.91 Å². The van der Waals surface area contributed by atoms with Gasteiger partial charge in [0.15, 0.2) is 5.82 Å². The third kappa shape index (κ3) is 2.91. The Morgan fingerprint density at radius 2 is 2.00 bits per heavy atom. The highest BCUT2D eigenvalue weighted by Gasteiger charge is 2.15. The quantitative estimate of drug-likeness (QED) is 0.914. The van der Waals surface area contributed by atoms with Crippen LogP contribution in [0.5, 0.6) is 0 Å². The number of carbonyl (C=O) groups excluding carboxylic acids is 1. The molecule has 0 saturated carbocycles. The summed E-state index contributed by atoms with van der Waals surface area (Å²) in [5.41, 5.74) is 8.46. The van der Waals surface area contributed by atoms with Crippen molar-refractivity contribution < 1.29 is 4.79 Å². The van der Waals surface area contributed by atoms with Gasteiger partial charge in [-0.15, -0.1) is 0 Å². The van der Waals surface area contributed by atoms with Gasteiger partial charge in [-0.1, -0.05) is 24.3 Å². The number of hydrogen-bond donors (Lipinski definition) is 1. The Hall–Kier alpha value is -2.36. The zero-order chi connectivity index (χ0) is 13.8. The highest BCUT2D eigenvalue weighted by molar-refractivity contribution is 5.95. The highest BCUT2D eigenvalue weighted by Crippen LogP contribution is 2.19. The second-order valence-electron chi connectivity index (χ2n) is 4.47. The maximum Gasteiger partial charge on any atom is 0.232 e. The minimum Gasteiger partial charge on any atom is -0.396 e. The molecule has 2 rings (SSSR count). The van der Waals surface area contributed by atoms with Gasteiger partial charge in [-0.3, -0.25) is 9.69 Å². The number of nitrogens with two attached hydrogens (primary N) is 1. The van der Waals surface area contributed by atoms with E-state index in [2.05, 4.69) is 4.98 Å². The fourth-order valence-corrected chi connectivity index (χ4v) is 1.90. The van der Waals surface area contributed by atoms with Gasteiger partial charge in [0.2, 0.25) is 5.91 Å². The van der Waals surface area contributed by atoms with Gasteiger partial charge in [0.1, 0.15) is 0 Å². The zero-order valence-corrected chi connectivity index (χ0v) is 11.1. The van der Waals surface area contributed by atoms with Crippen molar-refractivity contribution in [3.8, 4) is 0 Å². The van der Waals surface area contributed by atoms with Crippen molar-refractivity contribution in [3.05, 3.63) is 53.7 Å². The predicted molar refractivity (Wildman–Crippen MR) is 76.9 cm³/mol. The van der Waals surface area contributed by atoms with E-state index in [0.717, 1.165) is 11.1 Å². The number of nitrogens with zero attached hydrogens (tertiary/aromatic N) is 2. The van der Waals surface area contributed by atoms with Gasteiger partial charge in [-0.05, 0) is 30.2 Å². The van der Waals surface area contributed by atoms with Gasteiger partial charge in [0, 0.05) is 13.2 Å². The van der Waals surface area contributed by atoms with Gasteiger partial charge in [0.05, 0.1) is 12.1 Å². The lowest BCUT2D eigenvalue weighted by Gasteiger charge is -2.18. The Bertz CT molecular complexity index is 595. The summed E-state index contributed by atoms with van der Waals surface area (Å²) in [6, 6.07) is 11.3. The van der Waals surface area contributed by atoms with E-state index in [0.29, 0.717) is 17.9 Å². The molecule has 0 fully saturated rings. The average Bonchev–Trinajstić information content (AvgIpc) is 2.41. The number of carbonyl (C=O) groups is 1. The van der Waals surface area contributed by atoms with Crippen molar-refractivity contribution in [3.63, 3.8) is 0 Å². The molecule has 1 heterocycles. The molecular formula is C15H17N3O. The first kappa shape index (κ1) is 13.1. The maximum atomic E-state index is 12.2. The van der Waals surface area contributed by atoms with Crippen LogP contribution >= 0.6 is 0 Å². The number of pyridine rings is 1. The van der Waals surface area contributed by atoms with Gasteiger partial charge in [-0.2, -0.15) is 0 Å². The molecule has 1 amide bonds. The third-order valence-electron chi connectivity index (χ3n) is 3.11. The van der Waals surface area contributed by atoms with E-state index < -0.39 is 0 Å². The van der Waals surface area contributed by atoms with Gasteiger partial charge in [-0.25, -0.2) is 4.98 Å². The van der Waals surface area contributed by atoms with E-state index in [1.54, 1.807) is 25.4 Å². The molecule has 2 aromatic rings. The molecule has 0 spiro atoms. The summed E-state index contributed by atoms with van der Waals surface area (Å²) < 4.78 is 0. The average molecular weight is 255 g/mol. The van der Waals surface area contributed by atoms with Crippen molar-refractivity contribution in [1.82, 2.24) is 4.98 Å². The third-order valence-corrected chi connectivity index (χ3v) is 3.11. The van der Waals surface area contributed by atoms with E-state index in [1.165, 1.54) is 4.90 Å². The predicted octanol–water partition coefficient (Wildman–Crippen LogP) is 2.18. The molecule has 0 bridgehead atoms. The molecule has 0 aliphatic carbocycles. The summed E-state index contributed by atoms with van der Waals surface area (Å²) in [6.07, 6.45) is 1.97.